The number of hydrogen-bond donors (Lipinski definition) is 2. The molecular weight excluding hydrogens is 388 g/mol. The van der Waals surface area contributed by atoms with E-state index in [-0.39, 0.29) is 23.3 Å². The molecular formula is C26H44N2O3. The maximum Gasteiger partial charge on any atom is 0.407 e. The Kier molecular flexibility index (Phi) is 9.16. The molecule has 31 heavy (non-hydrogen) atoms. The molecule has 0 aromatic heterocycles. The first-order valence-electron chi connectivity index (χ1n) is 11.3. The van der Waals surface area contributed by atoms with Gasteiger partial charge >= 0.3 is 6.09 Å². The third kappa shape index (κ3) is 10.2. The lowest BCUT2D eigenvalue weighted by Gasteiger charge is -2.40. The highest BCUT2D eigenvalue weighted by Gasteiger charge is 2.39. The number of nitrogens with one attached hydrogen (secondary N) is 2. The molecule has 0 radical (unpaired) electrons. The summed E-state index contributed by atoms with van der Waals surface area (Å²) in [6.45, 7) is 19.6. The van der Waals surface area contributed by atoms with Crippen LogP contribution in [0.15, 0.2) is 30.3 Å². The molecule has 1 aromatic carbocycles. The number of rotatable bonds is 10. The van der Waals surface area contributed by atoms with Crippen molar-refractivity contribution < 1.29 is 14.3 Å². The van der Waals surface area contributed by atoms with E-state index in [1.54, 1.807) is 0 Å². The van der Waals surface area contributed by atoms with Gasteiger partial charge in [-0.05, 0) is 49.5 Å². The van der Waals surface area contributed by atoms with Crippen molar-refractivity contribution in [3.05, 3.63) is 35.9 Å². The molecule has 0 aliphatic heterocycles. The fourth-order valence-electron chi connectivity index (χ4n) is 4.38. The molecule has 0 heterocycles. The number of carbonyl (C=O) groups is 2. The average molecular weight is 433 g/mol. The predicted octanol–water partition coefficient (Wildman–Crippen LogP) is 6.08. The Labute approximate surface area is 189 Å². The molecule has 0 saturated carbocycles. The van der Waals surface area contributed by atoms with Crippen LogP contribution in [0.25, 0.3) is 0 Å². The topological polar surface area (TPSA) is 67.4 Å². The van der Waals surface area contributed by atoms with Crippen molar-refractivity contribution in [3.8, 4) is 0 Å². The molecule has 0 aliphatic carbocycles. The van der Waals surface area contributed by atoms with E-state index >= 15 is 0 Å². The highest BCUT2D eigenvalue weighted by Crippen LogP contribution is 2.37. The van der Waals surface area contributed by atoms with Crippen LogP contribution in [0, 0.1) is 16.2 Å². The fraction of sp³-hybridized carbons (Fsp3) is 0.692. The normalized spacial score (nSPS) is 14.5. The summed E-state index contributed by atoms with van der Waals surface area (Å²) in [6.07, 6.45) is 1.92. The summed E-state index contributed by atoms with van der Waals surface area (Å²) >= 11 is 0. The summed E-state index contributed by atoms with van der Waals surface area (Å²) in [6, 6.07) is 9.61. The molecule has 176 valence electrons. The molecule has 5 nitrogen and oxygen atoms in total. The third-order valence-electron chi connectivity index (χ3n) is 5.55. The van der Waals surface area contributed by atoms with Gasteiger partial charge in [-0.25, -0.2) is 4.79 Å². The van der Waals surface area contributed by atoms with Gasteiger partial charge in [0.1, 0.15) is 6.61 Å². The van der Waals surface area contributed by atoms with E-state index in [2.05, 4.69) is 59.1 Å². The van der Waals surface area contributed by atoms with E-state index in [1.165, 1.54) is 0 Å². The monoisotopic (exact) mass is 432 g/mol. The van der Waals surface area contributed by atoms with E-state index < -0.39 is 17.0 Å². The Morgan fingerprint density at radius 3 is 2.00 bits per heavy atom. The molecule has 0 spiro atoms. The zero-order chi connectivity index (χ0) is 23.9. The molecule has 1 rings (SSSR count). The van der Waals surface area contributed by atoms with Crippen molar-refractivity contribution >= 4 is 12.0 Å². The van der Waals surface area contributed by atoms with Crippen LogP contribution in [0.4, 0.5) is 4.79 Å². The summed E-state index contributed by atoms with van der Waals surface area (Å²) in [5, 5.41) is 6.15. The van der Waals surface area contributed by atoms with Crippen molar-refractivity contribution in [1.29, 1.82) is 0 Å². The van der Waals surface area contributed by atoms with Gasteiger partial charge in [-0.2, -0.15) is 0 Å². The zero-order valence-electron chi connectivity index (χ0n) is 21.1. The molecule has 0 bridgehead atoms. The fourth-order valence-corrected chi connectivity index (χ4v) is 4.38. The Bertz CT molecular complexity index is 720. The molecule has 2 amide bonds. The lowest BCUT2D eigenvalue weighted by Crippen LogP contribution is -2.53. The number of benzene rings is 1. The van der Waals surface area contributed by atoms with Gasteiger partial charge in [-0.3, -0.25) is 4.79 Å². The second-order valence-corrected chi connectivity index (χ2v) is 11.7. The maximum absolute atomic E-state index is 13.2. The van der Waals surface area contributed by atoms with Crippen molar-refractivity contribution in [2.45, 2.75) is 93.7 Å². The van der Waals surface area contributed by atoms with Crippen molar-refractivity contribution in [2.75, 3.05) is 6.54 Å². The van der Waals surface area contributed by atoms with Gasteiger partial charge in [0, 0.05) is 17.5 Å². The van der Waals surface area contributed by atoms with Gasteiger partial charge in [0.2, 0.25) is 5.91 Å². The average Bonchev–Trinajstić information content (AvgIpc) is 2.63. The maximum atomic E-state index is 13.2. The lowest BCUT2D eigenvalue weighted by molar-refractivity contribution is -0.134. The van der Waals surface area contributed by atoms with Crippen molar-refractivity contribution in [1.82, 2.24) is 10.6 Å². The standard InChI is InChI=1S/C26H44N2O3/c1-10-26(9,17-23(2,3)4)21(29)28-25(7,8)18-24(5,6)19-27-22(30)31-16-20-14-12-11-13-15-20/h11-15H,10,16-19H2,1-9H3,(H,27,30)(H,28,29). The highest BCUT2D eigenvalue weighted by molar-refractivity contribution is 5.82. The van der Waals surface area contributed by atoms with Crippen LogP contribution in [-0.2, 0) is 16.1 Å². The SMILES string of the molecule is CCC(C)(CC(C)(C)C)C(=O)NC(C)(C)CC(C)(C)CNC(=O)OCc1ccccc1. The molecule has 0 fully saturated rings. The van der Waals surface area contributed by atoms with Crippen molar-refractivity contribution in [2.24, 2.45) is 16.2 Å². The van der Waals surface area contributed by atoms with Crippen LogP contribution >= 0.6 is 0 Å². The van der Waals surface area contributed by atoms with Crippen LogP contribution in [0.1, 0.15) is 87.1 Å². The Hall–Kier alpha value is -2.04. The number of carbonyl (C=O) groups excluding carboxylic acids is 2. The molecule has 1 unspecified atom stereocenters. The molecule has 1 atom stereocenters. The minimum atomic E-state index is -0.428. The Morgan fingerprint density at radius 2 is 1.48 bits per heavy atom. The number of ether oxygens (including phenoxy) is 1. The first-order chi connectivity index (χ1) is 14.1. The molecule has 5 heteroatoms. The summed E-state index contributed by atoms with van der Waals surface area (Å²) in [4.78, 5) is 25.3. The first-order valence-corrected chi connectivity index (χ1v) is 11.3. The quantitative estimate of drug-likeness (QED) is 0.471. The second-order valence-electron chi connectivity index (χ2n) is 11.7. The summed E-state index contributed by atoms with van der Waals surface area (Å²) in [5.74, 6) is 0.0981. The van der Waals surface area contributed by atoms with E-state index in [4.69, 9.17) is 4.74 Å². The van der Waals surface area contributed by atoms with E-state index in [0.717, 1.165) is 24.8 Å². The third-order valence-corrected chi connectivity index (χ3v) is 5.55. The lowest BCUT2D eigenvalue weighted by atomic mass is 9.72. The van der Waals surface area contributed by atoms with Gasteiger partial charge in [-0.1, -0.05) is 78.8 Å². The number of hydrogen-bond acceptors (Lipinski definition) is 3. The van der Waals surface area contributed by atoms with Gasteiger partial charge in [0.25, 0.3) is 0 Å². The van der Waals surface area contributed by atoms with Gasteiger partial charge in [-0.15, -0.1) is 0 Å². The van der Waals surface area contributed by atoms with Crippen LogP contribution in [0.2, 0.25) is 0 Å². The van der Waals surface area contributed by atoms with E-state index in [0.29, 0.717) is 6.54 Å². The van der Waals surface area contributed by atoms with Crippen LogP contribution in [-0.4, -0.2) is 24.1 Å². The van der Waals surface area contributed by atoms with Crippen molar-refractivity contribution in [3.63, 3.8) is 0 Å². The molecule has 0 aliphatic rings. The Morgan fingerprint density at radius 1 is 0.903 bits per heavy atom. The summed E-state index contributed by atoms with van der Waals surface area (Å²) in [5.41, 5.74) is 0.0176. The molecule has 2 N–H and O–H groups in total. The van der Waals surface area contributed by atoms with Gasteiger partial charge < -0.3 is 15.4 Å². The second kappa shape index (κ2) is 10.5. The molecule has 1 aromatic rings. The smallest absolute Gasteiger partial charge is 0.407 e. The van der Waals surface area contributed by atoms with Crippen LogP contribution < -0.4 is 10.6 Å². The zero-order valence-corrected chi connectivity index (χ0v) is 21.1. The molecule has 0 saturated heterocycles. The first kappa shape index (κ1) is 27.0. The van der Waals surface area contributed by atoms with Crippen LogP contribution in [0.3, 0.4) is 0 Å². The number of alkyl carbamates (subject to hydrolysis) is 1. The summed E-state index contributed by atoms with van der Waals surface area (Å²) < 4.78 is 5.30. The Balaban J connectivity index is 2.60. The minimum absolute atomic E-state index is 0.0789. The van der Waals surface area contributed by atoms with Gasteiger partial charge in [0.15, 0.2) is 0 Å². The largest absolute Gasteiger partial charge is 0.445 e. The predicted molar refractivity (Wildman–Crippen MR) is 128 cm³/mol. The van der Waals surface area contributed by atoms with E-state index in [1.807, 2.05) is 44.2 Å². The summed E-state index contributed by atoms with van der Waals surface area (Å²) in [7, 11) is 0. The van der Waals surface area contributed by atoms with Crippen LogP contribution in [0.5, 0.6) is 0 Å². The van der Waals surface area contributed by atoms with Gasteiger partial charge in [0.05, 0.1) is 0 Å². The van der Waals surface area contributed by atoms with E-state index in [9.17, 15) is 9.59 Å². The minimum Gasteiger partial charge on any atom is -0.445 e. The highest BCUT2D eigenvalue weighted by atomic mass is 16.5. The number of amides is 2.